The van der Waals surface area contributed by atoms with Gasteiger partial charge < -0.3 is 9.88 Å². The zero-order valence-corrected chi connectivity index (χ0v) is 12.2. The first kappa shape index (κ1) is 14.0. The van der Waals surface area contributed by atoms with Crippen LogP contribution in [0.15, 0.2) is 61.1 Å². The molecule has 22 heavy (non-hydrogen) atoms. The lowest BCUT2D eigenvalue weighted by molar-refractivity contribution is 0.0946. The molecule has 1 aromatic carbocycles. The lowest BCUT2D eigenvalue weighted by Crippen LogP contribution is -2.23. The highest BCUT2D eigenvalue weighted by atomic mass is 16.1. The van der Waals surface area contributed by atoms with Crippen LogP contribution in [0.25, 0.3) is 5.69 Å². The number of rotatable bonds is 4. The van der Waals surface area contributed by atoms with Gasteiger partial charge in [-0.1, -0.05) is 18.2 Å². The first-order chi connectivity index (χ1) is 10.7. The maximum absolute atomic E-state index is 11.9. The van der Waals surface area contributed by atoms with Crippen LogP contribution in [0.3, 0.4) is 0 Å². The number of nitrogens with one attached hydrogen (secondary N) is 1. The molecule has 1 N–H and O–H groups in total. The predicted molar refractivity (Wildman–Crippen MR) is 83.7 cm³/mol. The number of hydrogen-bond acceptors (Lipinski definition) is 3. The summed E-state index contributed by atoms with van der Waals surface area (Å²) in [6.45, 7) is 2.43. The number of pyridine rings is 1. The molecule has 1 amide bonds. The van der Waals surface area contributed by atoms with E-state index in [0.29, 0.717) is 12.2 Å². The Bertz CT molecular complexity index is 763. The van der Waals surface area contributed by atoms with Gasteiger partial charge in [-0.3, -0.25) is 9.78 Å². The minimum atomic E-state index is -0.171. The van der Waals surface area contributed by atoms with Gasteiger partial charge in [0.25, 0.3) is 5.91 Å². The minimum absolute atomic E-state index is 0.171. The van der Waals surface area contributed by atoms with E-state index in [1.165, 1.54) is 0 Å². The summed E-state index contributed by atoms with van der Waals surface area (Å²) in [5.74, 6) is 0.770. The molecule has 0 atom stereocenters. The summed E-state index contributed by atoms with van der Waals surface area (Å²) in [5, 5.41) is 2.86. The number of benzene rings is 1. The maximum Gasteiger partial charge on any atom is 0.270 e. The second-order valence-corrected chi connectivity index (χ2v) is 4.91. The Kier molecular flexibility index (Phi) is 3.96. The van der Waals surface area contributed by atoms with Crippen LogP contribution >= 0.6 is 0 Å². The summed E-state index contributed by atoms with van der Waals surface area (Å²) in [5.41, 5.74) is 2.51. The SMILES string of the molecule is Cc1nccn1-c1ccc(CNC(=O)c2ccccn2)cc1. The van der Waals surface area contributed by atoms with Crippen LogP contribution in [-0.4, -0.2) is 20.4 Å². The molecule has 0 radical (unpaired) electrons. The number of hydrogen-bond donors (Lipinski definition) is 1. The highest BCUT2D eigenvalue weighted by Crippen LogP contribution is 2.11. The van der Waals surface area contributed by atoms with E-state index >= 15 is 0 Å². The van der Waals surface area contributed by atoms with Crippen molar-refractivity contribution in [1.29, 1.82) is 0 Å². The Labute approximate surface area is 128 Å². The van der Waals surface area contributed by atoms with Gasteiger partial charge in [-0.15, -0.1) is 0 Å². The average molecular weight is 292 g/mol. The number of nitrogens with zero attached hydrogens (tertiary/aromatic N) is 3. The van der Waals surface area contributed by atoms with Crippen LogP contribution in [0.5, 0.6) is 0 Å². The number of aryl methyl sites for hydroxylation is 1. The molecule has 0 aliphatic carbocycles. The first-order valence-electron chi connectivity index (χ1n) is 7.02. The molecule has 5 heteroatoms. The molecule has 3 rings (SSSR count). The average Bonchev–Trinajstić information content (AvgIpc) is 3.00. The molecule has 0 spiro atoms. The molecule has 0 bridgehead atoms. The van der Waals surface area contributed by atoms with Gasteiger partial charge >= 0.3 is 0 Å². The zero-order valence-electron chi connectivity index (χ0n) is 12.2. The largest absolute Gasteiger partial charge is 0.347 e. The number of aromatic nitrogens is 3. The normalized spacial score (nSPS) is 10.4. The molecule has 0 fully saturated rings. The van der Waals surface area contributed by atoms with Crippen LogP contribution in [0, 0.1) is 6.92 Å². The summed E-state index contributed by atoms with van der Waals surface area (Å²) in [7, 11) is 0. The highest BCUT2D eigenvalue weighted by molar-refractivity contribution is 5.92. The van der Waals surface area contributed by atoms with E-state index in [-0.39, 0.29) is 5.91 Å². The summed E-state index contributed by atoms with van der Waals surface area (Å²) < 4.78 is 2.01. The molecule has 0 saturated heterocycles. The second kappa shape index (κ2) is 6.22. The number of amides is 1. The Morgan fingerprint density at radius 1 is 1.09 bits per heavy atom. The maximum atomic E-state index is 11.9. The van der Waals surface area contributed by atoms with Gasteiger partial charge in [0.05, 0.1) is 0 Å². The number of imidazole rings is 1. The van der Waals surface area contributed by atoms with Crippen molar-refractivity contribution in [2.24, 2.45) is 0 Å². The van der Waals surface area contributed by atoms with Crippen LogP contribution in [-0.2, 0) is 6.54 Å². The highest BCUT2D eigenvalue weighted by Gasteiger charge is 2.06. The van der Waals surface area contributed by atoms with Gasteiger partial charge in [0.1, 0.15) is 11.5 Å². The fourth-order valence-electron chi connectivity index (χ4n) is 2.20. The lowest BCUT2D eigenvalue weighted by atomic mass is 10.2. The zero-order chi connectivity index (χ0) is 15.4. The molecule has 2 heterocycles. The molecule has 110 valence electrons. The predicted octanol–water partition coefficient (Wildman–Crippen LogP) is 2.51. The molecule has 0 aliphatic heterocycles. The van der Waals surface area contributed by atoms with Crippen molar-refractivity contribution in [1.82, 2.24) is 19.9 Å². The van der Waals surface area contributed by atoms with Crippen molar-refractivity contribution in [3.63, 3.8) is 0 Å². The standard InChI is InChI=1S/C17H16N4O/c1-13-18-10-11-21(13)15-7-5-14(6-8-15)12-20-17(22)16-4-2-3-9-19-16/h2-11H,12H2,1H3,(H,20,22). The Hall–Kier alpha value is -2.95. The van der Waals surface area contributed by atoms with Gasteiger partial charge in [-0.05, 0) is 36.8 Å². The monoisotopic (exact) mass is 292 g/mol. The minimum Gasteiger partial charge on any atom is -0.347 e. The van der Waals surface area contributed by atoms with Crippen LogP contribution in [0.2, 0.25) is 0 Å². The Balaban J connectivity index is 1.65. The van der Waals surface area contributed by atoms with E-state index in [2.05, 4.69) is 15.3 Å². The van der Waals surface area contributed by atoms with Crippen molar-refractivity contribution in [3.05, 3.63) is 78.1 Å². The summed E-state index contributed by atoms with van der Waals surface area (Å²) in [6, 6.07) is 13.3. The van der Waals surface area contributed by atoms with Crippen molar-refractivity contribution in [3.8, 4) is 5.69 Å². The van der Waals surface area contributed by atoms with Gasteiger partial charge in [0.15, 0.2) is 0 Å². The van der Waals surface area contributed by atoms with Crippen molar-refractivity contribution >= 4 is 5.91 Å². The molecule has 0 unspecified atom stereocenters. The topological polar surface area (TPSA) is 59.8 Å². The smallest absolute Gasteiger partial charge is 0.270 e. The summed E-state index contributed by atoms with van der Waals surface area (Å²) >= 11 is 0. The summed E-state index contributed by atoms with van der Waals surface area (Å²) in [4.78, 5) is 20.2. The van der Waals surface area contributed by atoms with Crippen molar-refractivity contribution < 1.29 is 4.79 Å². The van der Waals surface area contributed by atoms with Gasteiger partial charge in [-0.2, -0.15) is 0 Å². The third-order valence-electron chi connectivity index (χ3n) is 3.39. The third kappa shape index (κ3) is 3.03. The Morgan fingerprint density at radius 2 is 1.91 bits per heavy atom. The van der Waals surface area contributed by atoms with E-state index in [1.54, 1.807) is 30.6 Å². The molecular weight excluding hydrogens is 276 g/mol. The fraction of sp³-hybridized carbons (Fsp3) is 0.118. The quantitative estimate of drug-likeness (QED) is 0.803. The van der Waals surface area contributed by atoms with Gasteiger partial charge in [0.2, 0.25) is 0 Å². The van der Waals surface area contributed by atoms with Crippen molar-refractivity contribution in [2.75, 3.05) is 0 Å². The molecular formula is C17H16N4O. The molecule has 2 aromatic heterocycles. The molecule has 0 aliphatic rings. The van der Waals surface area contributed by atoms with Crippen molar-refractivity contribution in [2.45, 2.75) is 13.5 Å². The van der Waals surface area contributed by atoms with Crippen LogP contribution < -0.4 is 5.32 Å². The van der Waals surface area contributed by atoms with E-state index < -0.39 is 0 Å². The number of carbonyl (C=O) groups is 1. The second-order valence-electron chi connectivity index (χ2n) is 4.91. The van der Waals surface area contributed by atoms with Crippen LogP contribution in [0.1, 0.15) is 21.9 Å². The third-order valence-corrected chi connectivity index (χ3v) is 3.39. The number of carbonyl (C=O) groups excluding carboxylic acids is 1. The van der Waals surface area contributed by atoms with E-state index in [9.17, 15) is 4.79 Å². The molecule has 3 aromatic rings. The van der Waals surface area contributed by atoms with E-state index in [1.807, 2.05) is 42.0 Å². The Morgan fingerprint density at radius 3 is 2.55 bits per heavy atom. The van der Waals surface area contributed by atoms with E-state index in [4.69, 9.17) is 0 Å². The van der Waals surface area contributed by atoms with Gasteiger partial charge in [-0.25, -0.2) is 4.98 Å². The fourth-order valence-corrected chi connectivity index (χ4v) is 2.20. The lowest BCUT2D eigenvalue weighted by Gasteiger charge is -2.08. The first-order valence-corrected chi connectivity index (χ1v) is 7.02. The van der Waals surface area contributed by atoms with Crippen LogP contribution in [0.4, 0.5) is 0 Å². The molecule has 0 saturated carbocycles. The van der Waals surface area contributed by atoms with Gasteiger partial charge in [0, 0.05) is 30.8 Å². The summed E-state index contributed by atoms with van der Waals surface area (Å²) in [6.07, 6.45) is 5.31. The molecule has 5 nitrogen and oxygen atoms in total. The van der Waals surface area contributed by atoms with E-state index in [0.717, 1.165) is 17.1 Å².